The minimum Gasteiger partial charge on any atom is -0.748 e. The molecule has 5 heterocycles. The predicted molar refractivity (Wildman–Crippen MR) is 384 cm³/mol. The van der Waals surface area contributed by atoms with Crippen LogP contribution in [0.4, 0.5) is 11.4 Å². The number of aliphatic hydroxyl groups excluding tert-OH is 1. The number of benzene rings is 5. The number of aryl methyl sites for hydroxylation is 2. The summed E-state index contributed by atoms with van der Waals surface area (Å²) in [5.74, 6) is -2.07. The summed E-state index contributed by atoms with van der Waals surface area (Å²) in [5, 5.41) is 20.0. The summed E-state index contributed by atoms with van der Waals surface area (Å²) in [6, 6.07) is 17.7. The van der Waals surface area contributed by atoms with Crippen molar-refractivity contribution in [3.05, 3.63) is 182 Å². The molecule has 0 spiro atoms. The highest BCUT2D eigenvalue weighted by molar-refractivity contribution is 7.91. The molecule has 103 heavy (non-hydrogen) atoms. The number of nitrogens with zero attached hydrogens (tertiary/aromatic N) is 3. The van der Waals surface area contributed by atoms with Crippen molar-refractivity contribution >= 4 is 115 Å². The van der Waals surface area contributed by atoms with Crippen LogP contribution in [0.2, 0.25) is 0 Å². The number of nitrogens with two attached hydrogens (primary N) is 3. The van der Waals surface area contributed by atoms with E-state index in [1.807, 2.05) is 76.6 Å². The lowest BCUT2D eigenvalue weighted by molar-refractivity contribution is -0.134. The molecule has 1 aliphatic carbocycles. The molecule has 0 fully saturated rings. The molecule has 1 aromatic heterocycles. The van der Waals surface area contributed by atoms with Crippen molar-refractivity contribution in [1.29, 1.82) is 0 Å². The third kappa shape index (κ3) is 17.0. The molecule has 0 radical (unpaired) electrons. The molecule has 3 unspecified atom stereocenters. The van der Waals surface area contributed by atoms with Crippen molar-refractivity contribution in [2.24, 2.45) is 11.6 Å². The Morgan fingerprint density at radius 2 is 1.42 bits per heavy atom. The first-order chi connectivity index (χ1) is 46.7. The second-order valence-corrected chi connectivity index (χ2v) is 32.5. The number of carbonyl (C=O) groups is 6. The minimum atomic E-state index is -4.67. The van der Waals surface area contributed by atoms with E-state index in [2.05, 4.69) is 10.0 Å². The van der Waals surface area contributed by atoms with Gasteiger partial charge in [-0.2, -0.15) is 8.42 Å². The average molecular weight is 1500 g/mol. The lowest BCUT2D eigenvalue weighted by Crippen LogP contribution is -2.51. The van der Waals surface area contributed by atoms with Crippen molar-refractivity contribution in [3.8, 4) is 11.5 Å². The quantitative estimate of drug-likeness (QED) is 0.00808. The molecule has 0 saturated heterocycles. The molecule has 0 bridgehead atoms. The summed E-state index contributed by atoms with van der Waals surface area (Å²) in [7, 11) is -13.2. The SMILES string of the molecule is CC(=O)Cc1c(C)c2cc(C)c(N)cc2oc1=O.CC(=O)NN.CCC(=O)CN1C(=O)c2cc(S(=O)(=O)CO)cc3c2C(CC(S(=O)(=O)OC)C3N)C1=O.CN1c2cc3c(cc2C(CS(=O)(=O)[O-])=CC1(C)C)C(c1ccccc1C(=O)O)=c1cc2c(cc1O3)=[N+](C)C(C)(C)C=C2CS(=O)(=O)[O-].[CH3+].[CH3+]. The number of ether oxygens (including phenoxy) is 1. The first-order valence-electron chi connectivity index (χ1n) is 31.0. The van der Waals surface area contributed by atoms with Gasteiger partial charge in [0.05, 0.1) is 78.9 Å². The Bertz CT molecular complexity index is 5300. The number of imide groups is 1. The number of aromatic carboxylic acids is 1. The van der Waals surface area contributed by atoms with E-state index in [-0.39, 0.29) is 68.1 Å². The van der Waals surface area contributed by atoms with Gasteiger partial charge in [-0.05, 0) is 122 Å². The van der Waals surface area contributed by atoms with Crippen LogP contribution < -0.4 is 53.1 Å². The summed E-state index contributed by atoms with van der Waals surface area (Å²) in [6.07, 6.45) is 3.33. The molecule has 29 nitrogen and oxygen atoms in total. The zero-order valence-electron chi connectivity index (χ0n) is 59.0. The molecular weight excluding hydrogens is 1420 g/mol. The van der Waals surface area contributed by atoms with Gasteiger partial charge in [-0.15, -0.1) is 0 Å². The number of hydrazine groups is 1. The van der Waals surface area contributed by atoms with Crippen LogP contribution in [0.1, 0.15) is 144 Å². The van der Waals surface area contributed by atoms with Crippen LogP contribution in [-0.4, -0.2) is 155 Å². The number of likely N-dealkylation sites (N-methyl/N-ethyl adjacent to an activating group) is 2. The van der Waals surface area contributed by atoms with E-state index < -0.39 is 127 Å². The zero-order chi connectivity index (χ0) is 75.5. The Kier molecular flexibility index (Phi) is 24.4. The summed E-state index contributed by atoms with van der Waals surface area (Å²) in [6.45, 7) is 15.1. The third-order valence-electron chi connectivity index (χ3n) is 18.2. The Balaban J connectivity index is 0.000000255. The van der Waals surface area contributed by atoms with Gasteiger partial charge >= 0.3 is 11.6 Å². The standard InChI is InChI=1S/C34H34N2O9S2.C18H22N2O9S2.C14H15NO3.C2H6N2O.2CH3/c1-33(2)15-19(17-46(39,40)41)23-11-25-29(13-27(23)35(33)5)45-30-14-28-24(20(18-47(42,43)44)16-34(3,4)36(28)6)12-26(30)31(25)21-9-7-8-10-22(21)32(37)38;1-3-9(22)7-20-17(23)12-5-10(30(25,26)8-21)4-11-15(12)13(18(20)24)6-14(16(11)19)31(27,28)29-2;1-7-4-10-9(3)11(5-8(2)16)14(17)18-13(10)6-12(7)15;1-2(5)4-3;;/h7-16H,17-18H2,1-6H3,(H2-,37,38,39,40,41,42,43,44);4-5,13-14,16,21H,3,6-8,19H2,1-2H3;4,6H,5,15H2,1-3H3;3H2,1H3,(H,4,5);2*1H3/q;;;;2*+1/p-1. The fourth-order valence-electron chi connectivity index (χ4n) is 12.6. The van der Waals surface area contributed by atoms with E-state index in [9.17, 15) is 86.6 Å². The zero-order valence-corrected chi connectivity index (χ0v) is 62.3. The van der Waals surface area contributed by atoms with Crippen LogP contribution in [0.5, 0.6) is 11.5 Å². The number of Topliss-reactive ketones (excluding diaryl/α,β-unsaturated/α-hetero) is 2. The van der Waals surface area contributed by atoms with Crippen LogP contribution >= 0.6 is 0 Å². The number of carboxylic acid groups (broad SMARTS) is 1. The predicted octanol–water partition coefficient (Wildman–Crippen LogP) is 3.96. The van der Waals surface area contributed by atoms with Gasteiger partial charge in [0.15, 0.2) is 11.3 Å². The molecular formula is C70H82N7O22S4+. The monoisotopic (exact) mass is 1500 g/mol. The van der Waals surface area contributed by atoms with Crippen LogP contribution in [0.15, 0.2) is 99.1 Å². The number of anilines is 2. The van der Waals surface area contributed by atoms with E-state index in [1.54, 1.807) is 67.6 Å². The smallest absolute Gasteiger partial charge is 0.340 e. The first-order valence-corrected chi connectivity index (χ1v) is 37.3. The normalized spacial score (nSPS) is 17.5. The van der Waals surface area contributed by atoms with Crippen molar-refractivity contribution in [1.82, 2.24) is 14.9 Å². The maximum atomic E-state index is 13.1. The number of fused-ring (bicyclic) bond motifs is 5. The molecule has 3 amide bonds. The van der Waals surface area contributed by atoms with Crippen LogP contribution in [0.25, 0.3) is 27.7 Å². The third-order valence-corrected chi connectivity index (χ3v) is 22.5. The van der Waals surface area contributed by atoms with Gasteiger partial charge in [-0.25, -0.2) is 45.3 Å². The summed E-state index contributed by atoms with van der Waals surface area (Å²) >= 11 is 0. The summed E-state index contributed by atoms with van der Waals surface area (Å²) in [5.41, 5.74) is 18.6. The van der Waals surface area contributed by atoms with Crippen LogP contribution in [-0.2, 0) is 70.0 Å². The van der Waals surface area contributed by atoms with E-state index in [4.69, 9.17) is 20.6 Å². The Labute approximate surface area is 596 Å². The fourth-order valence-corrected chi connectivity index (χ4v) is 15.8. The second-order valence-electron chi connectivity index (χ2n) is 25.9. The first kappa shape index (κ1) is 82.5. The number of sulfone groups is 1. The van der Waals surface area contributed by atoms with E-state index in [1.165, 1.54) is 19.9 Å². The average Bonchev–Trinajstić information content (AvgIpc) is 0.725. The number of nitrogen functional groups attached to an aromatic ring is 1. The maximum Gasteiger partial charge on any atom is 0.340 e. The van der Waals surface area contributed by atoms with Gasteiger partial charge in [0.2, 0.25) is 27.0 Å². The molecule has 33 heteroatoms. The van der Waals surface area contributed by atoms with Gasteiger partial charge in [0, 0.05) is 123 Å². The number of carbonyl (C=O) groups excluding carboxylic acids is 5. The Morgan fingerprint density at radius 1 is 0.816 bits per heavy atom. The highest BCUT2D eigenvalue weighted by atomic mass is 32.2. The highest BCUT2D eigenvalue weighted by Gasteiger charge is 2.50. The molecule has 6 aromatic rings. The number of aliphatic hydroxyl groups is 1. The van der Waals surface area contributed by atoms with Gasteiger partial charge in [0.1, 0.15) is 41.1 Å². The molecule has 5 aliphatic rings. The van der Waals surface area contributed by atoms with E-state index >= 15 is 0 Å². The lowest BCUT2D eigenvalue weighted by Gasteiger charge is -2.42. The second kappa shape index (κ2) is 30.5. The topological polar surface area (TPSA) is 474 Å². The molecule has 0 saturated carbocycles. The number of carboxylic acids is 1. The molecule has 552 valence electrons. The van der Waals surface area contributed by atoms with Gasteiger partial charge in [-0.3, -0.25) is 38.5 Å². The Morgan fingerprint density at radius 3 is 1.97 bits per heavy atom. The van der Waals surface area contributed by atoms with Crippen molar-refractivity contribution < 1.29 is 95.1 Å². The van der Waals surface area contributed by atoms with E-state index in [0.29, 0.717) is 88.5 Å². The highest BCUT2D eigenvalue weighted by Crippen LogP contribution is 2.49. The number of ketones is 2. The summed E-state index contributed by atoms with van der Waals surface area (Å²) in [4.78, 5) is 85.4. The maximum absolute atomic E-state index is 13.1. The number of rotatable bonds is 15. The minimum absolute atomic E-state index is 0. The number of amides is 3. The number of hydrogen-bond acceptors (Lipinski definition) is 25. The molecule has 9 N–H and O–H groups in total. The lowest BCUT2D eigenvalue weighted by atomic mass is 9.74. The molecule has 3 atom stereocenters. The Hall–Kier alpha value is -9.42. The number of nitrogens with one attached hydrogen (secondary N) is 1. The van der Waals surface area contributed by atoms with Gasteiger partial charge < -0.3 is 44.8 Å². The van der Waals surface area contributed by atoms with Crippen LogP contribution in [0, 0.1) is 28.7 Å². The molecule has 11 rings (SSSR count). The van der Waals surface area contributed by atoms with Crippen molar-refractivity contribution in [2.75, 3.05) is 55.8 Å². The van der Waals surface area contributed by atoms with Crippen molar-refractivity contribution in [2.45, 2.75) is 115 Å². The number of hydrogen-bond donors (Lipinski definition) is 6. The van der Waals surface area contributed by atoms with Gasteiger partial charge in [-0.1, -0.05) is 31.2 Å². The molecule has 5 aromatic carbocycles. The fraction of sp³-hybridized carbons (Fsp3) is 0.343. The van der Waals surface area contributed by atoms with Crippen LogP contribution in [0.3, 0.4) is 0 Å². The largest absolute Gasteiger partial charge is 0.748 e. The van der Waals surface area contributed by atoms with Gasteiger partial charge in [0.25, 0.3) is 16.0 Å². The van der Waals surface area contributed by atoms with E-state index in [0.717, 1.165) is 35.8 Å². The summed E-state index contributed by atoms with van der Waals surface area (Å²) < 4.78 is 140. The molecule has 4 aliphatic heterocycles. The van der Waals surface area contributed by atoms with Crippen molar-refractivity contribution in [3.63, 3.8) is 0 Å².